The van der Waals surface area contributed by atoms with E-state index >= 15 is 0 Å². The minimum absolute atomic E-state index is 0.0409. The number of carbonyl (C=O) groups is 2. The van der Waals surface area contributed by atoms with E-state index in [0.717, 1.165) is 15.6 Å². The normalized spacial score (nSPS) is 10.1. The maximum Gasteiger partial charge on any atom is 0.243 e. The molecule has 22 heavy (non-hydrogen) atoms. The summed E-state index contributed by atoms with van der Waals surface area (Å²) < 4.78 is 0.988. The molecule has 0 unspecified atom stereocenters. The number of hydrogen-bond acceptors (Lipinski definition) is 2. The Kier molecular flexibility index (Phi) is 5.72. The molecule has 0 fully saturated rings. The van der Waals surface area contributed by atoms with Crippen LogP contribution in [0, 0.1) is 6.92 Å². The van der Waals surface area contributed by atoms with Gasteiger partial charge in [-0.25, -0.2) is 0 Å². The number of rotatable bonds is 5. The molecule has 2 amide bonds. The van der Waals surface area contributed by atoms with Crippen LogP contribution in [0.1, 0.15) is 11.1 Å². The minimum Gasteiger partial charge on any atom is -0.347 e. The fraction of sp³-hybridized carbons (Fsp3) is 0.176. The van der Waals surface area contributed by atoms with Gasteiger partial charge in [-0.1, -0.05) is 46.3 Å². The third-order valence-electron chi connectivity index (χ3n) is 3.10. The number of aryl methyl sites for hydroxylation is 1. The smallest absolute Gasteiger partial charge is 0.243 e. The van der Waals surface area contributed by atoms with Crippen molar-refractivity contribution in [3.8, 4) is 0 Å². The molecule has 0 spiro atoms. The van der Waals surface area contributed by atoms with Crippen LogP contribution >= 0.6 is 15.9 Å². The van der Waals surface area contributed by atoms with Crippen molar-refractivity contribution in [2.45, 2.75) is 13.3 Å². The van der Waals surface area contributed by atoms with Crippen LogP contribution in [-0.4, -0.2) is 18.4 Å². The van der Waals surface area contributed by atoms with E-state index in [2.05, 4.69) is 26.6 Å². The second kappa shape index (κ2) is 7.75. The lowest BCUT2D eigenvalue weighted by Crippen LogP contribution is -2.33. The highest BCUT2D eigenvalue weighted by molar-refractivity contribution is 9.10. The predicted octanol–water partition coefficient (Wildman–Crippen LogP) is 3.05. The Morgan fingerprint density at radius 3 is 2.45 bits per heavy atom. The van der Waals surface area contributed by atoms with Crippen LogP contribution in [0.3, 0.4) is 0 Å². The van der Waals surface area contributed by atoms with Gasteiger partial charge in [-0.15, -0.1) is 0 Å². The summed E-state index contributed by atoms with van der Waals surface area (Å²) in [5.41, 5.74) is 2.66. The molecule has 2 N–H and O–H groups in total. The quantitative estimate of drug-likeness (QED) is 0.860. The maximum absolute atomic E-state index is 11.8. The molecular formula is C17H17BrN2O2. The molecule has 0 aliphatic heterocycles. The zero-order valence-corrected chi connectivity index (χ0v) is 13.8. The molecule has 0 bridgehead atoms. The summed E-state index contributed by atoms with van der Waals surface area (Å²) in [4.78, 5) is 23.6. The molecule has 0 atom stereocenters. The minimum atomic E-state index is -0.247. The van der Waals surface area contributed by atoms with Crippen molar-refractivity contribution in [3.05, 3.63) is 64.1 Å². The zero-order chi connectivity index (χ0) is 15.9. The maximum atomic E-state index is 11.8. The molecule has 0 heterocycles. The molecule has 0 saturated carbocycles. The Labute approximate surface area is 138 Å². The van der Waals surface area contributed by atoms with E-state index in [1.54, 1.807) is 6.07 Å². The third-order valence-corrected chi connectivity index (χ3v) is 3.99. The molecule has 4 nitrogen and oxygen atoms in total. The van der Waals surface area contributed by atoms with E-state index in [1.165, 1.54) is 0 Å². The molecule has 2 aromatic carbocycles. The van der Waals surface area contributed by atoms with Gasteiger partial charge in [-0.2, -0.15) is 0 Å². The molecule has 0 saturated heterocycles. The van der Waals surface area contributed by atoms with E-state index < -0.39 is 0 Å². The van der Waals surface area contributed by atoms with Gasteiger partial charge in [0, 0.05) is 10.2 Å². The molecule has 5 heteroatoms. The monoisotopic (exact) mass is 360 g/mol. The van der Waals surface area contributed by atoms with Crippen LogP contribution in [0.5, 0.6) is 0 Å². The van der Waals surface area contributed by atoms with Crippen LogP contribution in [0.15, 0.2) is 53.0 Å². The van der Waals surface area contributed by atoms with E-state index in [9.17, 15) is 9.59 Å². The van der Waals surface area contributed by atoms with Gasteiger partial charge in [-0.05, 0) is 36.2 Å². The van der Waals surface area contributed by atoms with Crippen LogP contribution < -0.4 is 10.6 Å². The van der Waals surface area contributed by atoms with Gasteiger partial charge < -0.3 is 10.6 Å². The van der Waals surface area contributed by atoms with E-state index in [1.807, 2.05) is 49.4 Å². The Hall–Kier alpha value is -2.14. The van der Waals surface area contributed by atoms with Crippen LogP contribution in [-0.2, 0) is 16.0 Å². The lowest BCUT2D eigenvalue weighted by molar-refractivity contribution is -0.123. The van der Waals surface area contributed by atoms with Crippen molar-refractivity contribution in [1.82, 2.24) is 5.32 Å². The first kappa shape index (κ1) is 16.2. The Bertz CT molecular complexity index is 672. The molecule has 0 aliphatic rings. The van der Waals surface area contributed by atoms with Crippen LogP contribution in [0.4, 0.5) is 5.69 Å². The molecular weight excluding hydrogens is 344 g/mol. The molecule has 2 rings (SSSR count). The first-order chi connectivity index (χ1) is 10.5. The number of nitrogens with one attached hydrogen (secondary N) is 2. The predicted molar refractivity (Wildman–Crippen MR) is 90.7 cm³/mol. The van der Waals surface area contributed by atoms with Gasteiger partial charge in [0.2, 0.25) is 11.8 Å². The summed E-state index contributed by atoms with van der Waals surface area (Å²) in [5, 5.41) is 5.37. The highest BCUT2D eigenvalue weighted by Crippen LogP contribution is 2.19. The fourth-order valence-corrected chi connectivity index (χ4v) is 2.20. The summed E-state index contributed by atoms with van der Waals surface area (Å²) in [6.45, 7) is 1.90. The summed E-state index contributed by atoms with van der Waals surface area (Å²) >= 11 is 3.41. The molecule has 0 aromatic heterocycles. The van der Waals surface area contributed by atoms with Gasteiger partial charge >= 0.3 is 0 Å². The first-order valence-corrected chi connectivity index (χ1v) is 7.70. The highest BCUT2D eigenvalue weighted by Gasteiger charge is 2.07. The lowest BCUT2D eigenvalue weighted by Gasteiger charge is -2.08. The van der Waals surface area contributed by atoms with Gasteiger partial charge in [0.15, 0.2) is 0 Å². The number of anilines is 1. The van der Waals surface area contributed by atoms with Crippen LogP contribution in [0.25, 0.3) is 0 Å². The number of carbonyl (C=O) groups excluding carboxylic acids is 2. The first-order valence-electron chi connectivity index (χ1n) is 6.91. The van der Waals surface area contributed by atoms with Crippen LogP contribution in [0.2, 0.25) is 0 Å². The Balaban J connectivity index is 1.80. The topological polar surface area (TPSA) is 58.2 Å². The van der Waals surface area contributed by atoms with Crippen molar-refractivity contribution in [1.29, 1.82) is 0 Å². The van der Waals surface area contributed by atoms with Gasteiger partial charge in [0.1, 0.15) is 0 Å². The average molecular weight is 361 g/mol. The van der Waals surface area contributed by atoms with E-state index in [-0.39, 0.29) is 24.8 Å². The summed E-state index contributed by atoms with van der Waals surface area (Å²) in [6.07, 6.45) is 0.269. The summed E-state index contributed by atoms with van der Waals surface area (Å²) in [6, 6.07) is 15.0. The lowest BCUT2D eigenvalue weighted by atomic mass is 10.1. The fourth-order valence-electron chi connectivity index (χ4n) is 1.95. The van der Waals surface area contributed by atoms with E-state index in [0.29, 0.717) is 5.69 Å². The molecule has 0 aliphatic carbocycles. The van der Waals surface area contributed by atoms with E-state index in [4.69, 9.17) is 0 Å². The Morgan fingerprint density at radius 1 is 1.05 bits per heavy atom. The summed E-state index contributed by atoms with van der Waals surface area (Å²) in [5.74, 6) is -0.420. The number of amides is 2. The molecule has 2 aromatic rings. The second-order valence-electron chi connectivity index (χ2n) is 4.95. The average Bonchev–Trinajstić information content (AvgIpc) is 2.50. The van der Waals surface area contributed by atoms with Gasteiger partial charge in [0.25, 0.3) is 0 Å². The van der Waals surface area contributed by atoms with Crippen molar-refractivity contribution in [3.63, 3.8) is 0 Å². The number of halogens is 1. The van der Waals surface area contributed by atoms with Crippen molar-refractivity contribution >= 4 is 33.4 Å². The molecule has 114 valence electrons. The Morgan fingerprint density at radius 2 is 1.77 bits per heavy atom. The SMILES string of the molecule is Cc1cc(NC(=O)CNC(=O)Cc2ccccc2)ccc1Br. The number of benzene rings is 2. The largest absolute Gasteiger partial charge is 0.347 e. The van der Waals surface area contributed by atoms with Gasteiger partial charge in [-0.3, -0.25) is 9.59 Å². The summed E-state index contributed by atoms with van der Waals surface area (Å²) in [7, 11) is 0. The van der Waals surface area contributed by atoms with Crippen molar-refractivity contribution < 1.29 is 9.59 Å². The highest BCUT2D eigenvalue weighted by atomic mass is 79.9. The third kappa shape index (κ3) is 5.00. The second-order valence-corrected chi connectivity index (χ2v) is 5.81. The zero-order valence-electron chi connectivity index (χ0n) is 12.2. The molecule has 0 radical (unpaired) electrons. The van der Waals surface area contributed by atoms with Gasteiger partial charge in [0.05, 0.1) is 13.0 Å². The van der Waals surface area contributed by atoms with Crippen molar-refractivity contribution in [2.24, 2.45) is 0 Å². The standard InChI is InChI=1S/C17H17BrN2O2/c1-12-9-14(7-8-15(12)18)20-17(22)11-19-16(21)10-13-5-3-2-4-6-13/h2-9H,10-11H2,1H3,(H,19,21)(H,20,22). The van der Waals surface area contributed by atoms with Crippen molar-refractivity contribution in [2.75, 3.05) is 11.9 Å². The number of hydrogen-bond donors (Lipinski definition) is 2.